The predicted octanol–water partition coefficient (Wildman–Crippen LogP) is 3.68. The minimum atomic E-state index is 0.918. The van der Waals surface area contributed by atoms with Crippen LogP contribution in [0.2, 0.25) is 0 Å². The van der Waals surface area contributed by atoms with Crippen molar-refractivity contribution < 1.29 is 0 Å². The summed E-state index contributed by atoms with van der Waals surface area (Å²) in [5.74, 6) is 0.926. The number of hydrogen-bond donors (Lipinski definition) is 1. The lowest BCUT2D eigenvalue weighted by Crippen LogP contribution is -2.25. The van der Waals surface area contributed by atoms with Crippen molar-refractivity contribution in [1.82, 2.24) is 0 Å². The quantitative estimate of drug-likeness (QED) is 0.806. The van der Waals surface area contributed by atoms with E-state index in [4.69, 9.17) is 5.73 Å². The van der Waals surface area contributed by atoms with Gasteiger partial charge in [-0.15, -0.1) is 0 Å². The van der Waals surface area contributed by atoms with Crippen LogP contribution in [0.1, 0.15) is 39.0 Å². The molecular formula is C15H24N2. The third-order valence-electron chi connectivity index (χ3n) is 3.82. The molecule has 1 aromatic rings. The summed E-state index contributed by atoms with van der Waals surface area (Å²) in [6.45, 7) is 4.62. The first-order valence-electron chi connectivity index (χ1n) is 6.90. The summed E-state index contributed by atoms with van der Waals surface area (Å²) in [4.78, 5) is 2.46. The van der Waals surface area contributed by atoms with Gasteiger partial charge in [-0.1, -0.05) is 31.9 Å². The highest BCUT2D eigenvalue weighted by atomic mass is 15.1. The van der Waals surface area contributed by atoms with Crippen molar-refractivity contribution in [3.8, 4) is 0 Å². The van der Waals surface area contributed by atoms with E-state index in [1.165, 1.54) is 44.3 Å². The standard InChI is InChI=1S/C15H24N2/c1-2-6-13-7-5-11-17(12-10-13)15-9-4-3-8-14(15)16/h3-4,8-9,13H,2,5-7,10-12,16H2,1H3. The Morgan fingerprint density at radius 3 is 2.82 bits per heavy atom. The number of anilines is 2. The number of para-hydroxylation sites is 2. The smallest absolute Gasteiger partial charge is 0.0599 e. The zero-order valence-corrected chi connectivity index (χ0v) is 10.9. The Hall–Kier alpha value is -1.18. The fraction of sp³-hybridized carbons (Fsp3) is 0.600. The van der Waals surface area contributed by atoms with Crippen LogP contribution in [-0.2, 0) is 0 Å². The van der Waals surface area contributed by atoms with Gasteiger partial charge in [0.1, 0.15) is 0 Å². The number of benzene rings is 1. The molecule has 1 aromatic carbocycles. The van der Waals surface area contributed by atoms with Crippen molar-refractivity contribution in [1.29, 1.82) is 0 Å². The zero-order chi connectivity index (χ0) is 12.1. The van der Waals surface area contributed by atoms with Gasteiger partial charge in [-0.3, -0.25) is 0 Å². The maximum Gasteiger partial charge on any atom is 0.0599 e. The molecule has 2 rings (SSSR count). The average Bonchev–Trinajstić information content (AvgIpc) is 2.56. The maximum absolute atomic E-state index is 6.05. The second-order valence-corrected chi connectivity index (χ2v) is 5.13. The average molecular weight is 232 g/mol. The third-order valence-corrected chi connectivity index (χ3v) is 3.82. The normalized spacial score (nSPS) is 21.2. The second-order valence-electron chi connectivity index (χ2n) is 5.13. The lowest BCUT2D eigenvalue weighted by Gasteiger charge is -2.24. The number of nitrogen functional groups attached to an aromatic ring is 1. The maximum atomic E-state index is 6.05. The highest BCUT2D eigenvalue weighted by Crippen LogP contribution is 2.28. The van der Waals surface area contributed by atoms with Crippen LogP contribution in [0.4, 0.5) is 11.4 Å². The Labute approximate surface area is 105 Å². The topological polar surface area (TPSA) is 29.3 Å². The molecule has 2 nitrogen and oxygen atoms in total. The molecule has 1 fully saturated rings. The van der Waals surface area contributed by atoms with Crippen LogP contribution in [0.25, 0.3) is 0 Å². The van der Waals surface area contributed by atoms with Gasteiger partial charge in [0.15, 0.2) is 0 Å². The van der Waals surface area contributed by atoms with Crippen molar-refractivity contribution in [3.05, 3.63) is 24.3 Å². The monoisotopic (exact) mass is 232 g/mol. The van der Waals surface area contributed by atoms with E-state index >= 15 is 0 Å². The van der Waals surface area contributed by atoms with E-state index in [2.05, 4.69) is 24.0 Å². The van der Waals surface area contributed by atoms with Crippen LogP contribution in [0, 0.1) is 5.92 Å². The summed E-state index contributed by atoms with van der Waals surface area (Å²) in [5, 5.41) is 0. The van der Waals surface area contributed by atoms with E-state index in [1.54, 1.807) is 0 Å². The van der Waals surface area contributed by atoms with Gasteiger partial charge in [0, 0.05) is 13.1 Å². The van der Waals surface area contributed by atoms with Crippen LogP contribution in [0.5, 0.6) is 0 Å². The van der Waals surface area contributed by atoms with Crippen LogP contribution in [0.15, 0.2) is 24.3 Å². The first-order valence-corrected chi connectivity index (χ1v) is 6.90. The molecule has 1 heterocycles. The Morgan fingerprint density at radius 2 is 2.06 bits per heavy atom. The summed E-state index contributed by atoms with van der Waals surface area (Å²) >= 11 is 0. The van der Waals surface area contributed by atoms with Gasteiger partial charge in [0.2, 0.25) is 0 Å². The van der Waals surface area contributed by atoms with Gasteiger partial charge < -0.3 is 10.6 Å². The van der Waals surface area contributed by atoms with Crippen molar-refractivity contribution in [3.63, 3.8) is 0 Å². The molecule has 17 heavy (non-hydrogen) atoms. The molecule has 94 valence electrons. The number of rotatable bonds is 3. The summed E-state index contributed by atoms with van der Waals surface area (Å²) < 4.78 is 0. The Morgan fingerprint density at radius 1 is 1.24 bits per heavy atom. The van der Waals surface area contributed by atoms with E-state index in [-0.39, 0.29) is 0 Å². The summed E-state index contributed by atoms with van der Waals surface area (Å²) in [5.41, 5.74) is 8.20. The Kier molecular flexibility index (Phi) is 4.29. The second kappa shape index (κ2) is 5.95. The lowest BCUT2D eigenvalue weighted by molar-refractivity contribution is 0.435. The molecule has 0 amide bonds. The number of nitrogens with two attached hydrogens (primary N) is 1. The van der Waals surface area contributed by atoms with Crippen molar-refractivity contribution in [2.45, 2.75) is 39.0 Å². The summed E-state index contributed by atoms with van der Waals surface area (Å²) in [6.07, 6.45) is 6.72. The van der Waals surface area contributed by atoms with Crippen LogP contribution in [-0.4, -0.2) is 13.1 Å². The van der Waals surface area contributed by atoms with E-state index in [0.29, 0.717) is 0 Å². The summed E-state index contributed by atoms with van der Waals surface area (Å²) in [7, 11) is 0. The van der Waals surface area contributed by atoms with Crippen molar-refractivity contribution >= 4 is 11.4 Å². The third kappa shape index (κ3) is 3.15. The lowest BCUT2D eigenvalue weighted by atomic mass is 9.96. The van der Waals surface area contributed by atoms with Gasteiger partial charge in [-0.05, 0) is 37.3 Å². The Balaban J connectivity index is 2.01. The molecule has 0 aromatic heterocycles. The minimum absolute atomic E-state index is 0.918. The van der Waals surface area contributed by atoms with E-state index in [0.717, 1.165) is 18.2 Å². The van der Waals surface area contributed by atoms with Crippen LogP contribution >= 0.6 is 0 Å². The van der Waals surface area contributed by atoms with E-state index < -0.39 is 0 Å². The molecule has 0 saturated carbocycles. The van der Waals surface area contributed by atoms with E-state index in [1.807, 2.05) is 12.1 Å². The first-order chi connectivity index (χ1) is 8.31. The zero-order valence-electron chi connectivity index (χ0n) is 10.9. The van der Waals surface area contributed by atoms with Gasteiger partial charge in [-0.2, -0.15) is 0 Å². The van der Waals surface area contributed by atoms with Gasteiger partial charge >= 0.3 is 0 Å². The largest absolute Gasteiger partial charge is 0.397 e. The molecule has 2 heteroatoms. The molecule has 0 spiro atoms. The molecule has 1 saturated heterocycles. The molecule has 1 atom stereocenters. The fourth-order valence-corrected chi connectivity index (χ4v) is 2.88. The van der Waals surface area contributed by atoms with Gasteiger partial charge in [0.05, 0.1) is 11.4 Å². The highest BCUT2D eigenvalue weighted by Gasteiger charge is 2.17. The molecule has 0 aliphatic carbocycles. The SMILES string of the molecule is CCCC1CCCN(c2ccccc2N)CC1. The van der Waals surface area contributed by atoms with Gasteiger partial charge in [0.25, 0.3) is 0 Å². The molecule has 1 unspecified atom stereocenters. The number of hydrogen-bond acceptors (Lipinski definition) is 2. The highest BCUT2D eigenvalue weighted by molar-refractivity contribution is 5.67. The van der Waals surface area contributed by atoms with Crippen LogP contribution in [0.3, 0.4) is 0 Å². The van der Waals surface area contributed by atoms with Crippen molar-refractivity contribution in [2.24, 2.45) is 5.92 Å². The molecule has 1 aliphatic rings. The first kappa shape index (κ1) is 12.3. The summed E-state index contributed by atoms with van der Waals surface area (Å²) in [6, 6.07) is 8.25. The number of nitrogens with zero attached hydrogens (tertiary/aromatic N) is 1. The van der Waals surface area contributed by atoms with Crippen LogP contribution < -0.4 is 10.6 Å². The van der Waals surface area contributed by atoms with Crippen molar-refractivity contribution in [2.75, 3.05) is 23.7 Å². The molecular weight excluding hydrogens is 208 g/mol. The molecule has 2 N–H and O–H groups in total. The van der Waals surface area contributed by atoms with Gasteiger partial charge in [-0.25, -0.2) is 0 Å². The fourth-order valence-electron chi connectivity index (χ4n) is 2.88. The molecule has 0 radical (unpaired) electrons. The van der Waals surface area contributed by atoms with E-state index in [9.17, 15) is 0 Å². The Bertz CT molecular complexity index is 349. The predicted molar refractivity (Wildman–Crippen MR) is 75.3 cm³/mol. The molecule has 0 bridgehead atoms. The molecule has 1 aliphatic heterocycles. The minimum Gasteiger partial charge on any atom is -0.397 e.